The minimum absolute atomic E-state index is 0.212. The first kappa shape index (κ1) is 15.3. The highest BCUT2D eigenvalue weighted by Gasteiger charge is 2.07. The summed E-state index contributed by atoms with van der Waals surface area (Å²) in [7, 11) is 1.69. The quantitative estimate of drug-likeness (QED) is 0.736. The van der Waals surface area contributed by atoms with E-state index in [0.29, 0.717) is 6.61 Å². The van der Waals surface area contributed by atoms with Crippen LogP contribution in [0, 0.1) is 0 Å². The summed E-state index contributed by atoms with van der Waals surface area (Å²) in [5, 5.41) is 4.03. The van der Waals surface area contributed by atoms with Gasteiger partial charge in [0.25, 0.3) is 0 Å². The molecule has 0 bridgehead atoms. The summed E-state index contributed by atoms with van der Waals surface area (Å²) in [6, 6.07) is 5.73. The van der Waals surface area contributed by atoms with Gasteiger partial charge in [-0.1, -0.05) is 18.5 Å². The lowest BCUT2D eigenvalue weighted by molar-refractivity contribution is 0.198. The van der Waals surface area contributed by atoms with Gasteiger partial charge in [0, 0.05) is 30.8 Å². The third kappa shape index (κ3) is 5.25. The Hall–Kier alpha value is -0.770. The van der Waals surface area contributed by atoms with E-state index >= 15 is 0 Å². The Labute approximate surface area is 114 Å². The van der Waals surface area contributed by atoms with E-state index in [1.165, 1.54) is 0 Å². The molecule has 1 rings (SSSR count). The minimum atomic E-state index is 0.212. The van der Waals surface area contributed by atoms with Gasteiger partial charge < -0.3 is 14.8 Å². The van der Waals surface area contributed by atoms with Crippen molar-refractivity contribution in [1.82, 2.24) is 5.32 Å². The molecular formula is C14H22ClNO2. The van der Waals surface area contributed by atoms with Gasteiger partial charge >= 0.3 is 0 Å². The fourth-order valence-corrected chi connectivity index (χ4v) is 1.69. The lowest BCUT2D eigenvalue weighted by Crippen LogP contribution is -2.20. The molecule has 0 saturated heterocycles. The summed E-state index contributed by atoms with van der Waals surface area (Å²) >= 11 is 6.02. The van der Waals surface area contributed by atoms with Crippen LogP contribution in [0.1, 0.15) is 25.8 Å². The summed E-state index contributed by atoms with van der Waals surface area (Å²) in [5.41, 5.74) is 1.08. The molecule has 0 radical (unpaired) electrons. The van der Waals surface area contributed by atoms with E-state index in [2.05, 4.69) is 19.2 Å². The van der Waals surface area contributed by atoms with E-state index in [-0.39, 0.29) is 6.10 Å². The lowest BCUT2D eigenvalue weighted by Gasteiger charge is -2.16. The van der Waals surface area contributed by atoms with Gasteiger partial charge in [-0.05, 0) is 31.5 Å². The molecule has 0 saturated carbocycles. The Morgan fingerprint density at radius 1 is 1.39 bits per heavy atom. The Morgan fingerprint density at radius 3 is 2.83 bits per heavy atom. The standard InChI is InChI=1S/C14H22ClNO2/c1-4-11(2)18-14-6-5-13(15)9-12(14)10-16-7-8-17-3/h5-6,9,11,16H,4,7-8,10H2,1-3H3. The second-order valence-corrected chi connectivity index (χ2v) is 4.69. The highest BCUT2D eigenvalue weighted by atomic mass is 35.5. The number of benzene rings is 1. The molecule has 0 fully saturated rings. The fraction of sp³-hybridized carbons (Fsp3) is 0.571. The average Bonchev–Trinajstić information content (AvgIpc) is 2.37. The van der Waals surface area contributed by atoms with E-state index < -0.39 is 0 Å². The second-order valence-electron chi connectivity index (χ2n) is 4.26. The average molecular weight is 272 g/mol. The van der Waals surface area contributed by atoms with Crippen LogP contribution in [0.25, 0.3) is 0 Å². The first-order valence-corrected chi connectivity index (χ1v) is 6.70. The molecule has 1 N–H and O–H groups in total. The number of rotatable bonds is 8. The molecule has 0 amide bonds. The zero-order valence-corrected chi connectivity index (χ0v) is 12.1. The highest BCUT2D eigenvalue weighted by Crippen LogP contribution is 2.24. The van der Waals surface area contributed by atoms with Crippen LogP contribution in [0.5, 0.6) is 5.75 Å². The Balaban J connectivity index is 2.64. The fourth-order valence-electron chi connectivity index (χ4n) is 1.50. The highest BCUT2D eigenvalue weighted by molar-refractivity contribution is 6.30. The molecule has 0 aromatic heterocycles. The van der Waals surface area contributed by atoms with E-state index in [9.17, 15) is 0 Å². The predicted octanol–water partition coefficient (Wildman–Crippen LogP) is 3.25. The van der Waals surface area contributed by atoms with E-state index in [4.69, 9.17) is 21.1 Å². The molecule has 1 atom stereocenters. The smallest absolute Gasteiger partial charge is 0.124 e. The number of hydrogen-bond acceptors (Lipinski definition) is 3. The SMILES string of the molecule is CCC(C)Oc1ccc(Cl)cc1CNCCOC. The Kier molecular flexibility index (Phi) is 7.09. The predicted molar refractivity (Wildman–Crippen MR) is 75.4 cm³/mol. The molecule has 1 aromatic rings. The molecule has 0 aliphatic heterocycles. The van der Waals surface area contributed by atoms with Crippen molar-refractivity contribution in [1.29, 1.82) is 0 Å². The first-order valence-electron chi connectivity index (χ1n) is 6.32. The maximum absolute atomic E-state index is 6.02. The molecule has 4 heteroatoms. The van der Waals surface area contributed by atoms with Gasteiger partial charge in [-0.15, -0.1) is 0 Å². The second kappa shape index (κ2) is 8.35. The lowest BCUT2D eigenvalue weighted by atomic mass is 10.2. The van der Waals surface area contributed by atoms with Crippen molar-refractivity contribution in [2.45, 2.75) is 32.9 Å². The molecule has 0 aliphatic carbocycles. The summed E-state index contributed by atoms with van der Waals surface area (Å²) in [6.45, 7) is 6.41. The third-order valence-electron chi connectivity index (χ3n) is 2.72. The van der Waals surface area contributed by atoms with Gasteiger partial charge in [-0.2, -0.15) is 0 Å². The van der Waals surface area contributed by atoms with Crippen LogP contribution < -0.4 is 10.1 Å². The topological polar surface area (TPSA) is 30.5 Å². The number of methoxy groups -OCH3 is 1. The molecule has 3 nitrogen and oxygen atoms in total. The molecule has 18 heavy (non-hydrogen) atoms. The van der Waals surface area contributed by atoms with E-state index in [1.807, 2.05) is 18.2 Å². The van der Waals surface area contributed by atoms with Crippen LogP contribution in [0.3, 0.4) is 0 Å². The molecule has 0 spiro atoms. The maximum atomic E-state index is 6.02. The van der Waals surface area contributed by atoms with Gasteiger partial charge in [-0.3, -0.25) is 0 Å². The van der Waals surface area contributed by atoms with Crippen LogP contribution in [-0.2, 0) is 11.3 Å². The van der Waals surface area contributed by atoms with Crippen LogP contribution in [0.4, 0.5) is 0 Å². The van der Waals surface area contributed by atoms with E-state index in [0.717, 1.165) is 35.8 Å². The first-order chi connectivity index (χ1) is 8.67. The Morgan fingerprint density at radius 2 is 2.17 bits per heavy atom. The van der Waals surface area contributed by atoms with Crippen LogP contribution in [0.2, 0.25) is 5.02 Å². The number of ether oxygens (including phenoxy) is 2. The summed E-state index contributed by atoms with van der Waals surface area (Å²) in [4.78, 5) is 0. The molecule has 1 aromatic carbocycles. The van der Waals surface area contributed by atoms with Gasteiger partial charge in [0.15, 0.2) is 0 Å². The van der Waals surface area contributed by atoms with Crippen molar-refractivity contribution >= 4 is 11.6 Å². The van der Waals surface area contributed by atoms with Crippen molar-refractivity contribution in [2.24, 2.45) is 0 Å². The van der Waals surface area contributed by atoms with Gasteiger partial charge in [0.1, 0.15) is 5.75 Å². The number of nitrogens with one attached hydrogen (secondary N) is 1. The summed E-state index contributed by atoms with van der Waals surface area (Å²) in [6.07, 6.45) is 1.20. The van der Waals surface area contributed by atoms with Gasteiger partial charge in [0.2, 0.25) is 0 Å². The summed E-state index contributed by atoms with van der Waals surface area (Å²) < 4.78 is 10.9. The van der Waals surface area contributed by atoms with Gasteiger partial charge in [0.05, 0.1) is 12.7 Å². The molecule has 0 heterocycles. The zero-order valence-electron chi connectivity index (χ0n) is 11.3. The van der Waals surface area contributed by atoms with Crippen LogP contribution >= 0.6 is 11.6 Å². The minimum Gasteiger partial charge on any atom is -0.490 e. The maximum Gasteiger partial charge on any atom is 0.124 e. The summed E-state index contributed by atoms with van der Waals surface area (Å²) in [5.74, 6) is 0.902. The molecule has 0 aliphatic rings. The Bertz CT molecular complexity index is 358. The van der Waals surface area contributed by atoms with Crippen molar-refractivity contribution in [3.63, 3.8) is 0 Å². The molecular weight excluding hydrogens is 250 g/mol. The third-order valence-corrected chi connectivity index (χ3v) is 2.96. The molecule has 102 valence electrons. The number of hydrogen-bond donors (Lipinski definition) is 1. The van der Waals surface area contributed by atoms with Crippen molar-refractivity contribution in [2.75, 3.05) is 20.3 Å². The van der Waals surface area contributed by atoms with Crippen molar-refractivity contribution < 1.29 is 9.47 Å². The van der Waals surface area contributed by atoms with Gasteiger partial charge in [-0.25, -0.2) is 0 Å². The largest absolute Gasteiger partial charge is 0.490 e. The van der Waals surface area contributed by atoms with Crippen molar-refractivity contribution in [3.05, 3.63) is 28.8 Å². The van der Waals surface area contributed by atoms with Crippen molar-refractivity contribution in [3.8, 4) is 5.75 Å². The van der Waals surface area contributed by atoms with E-state index in [1.54, 1.807) is 7.11 Å². The normalized spacial score (nSPS) is 12.4. The zero-order chi connectivity index (χ0) is 13.4. The van der Waals surface area contributed by atoms with Crippen LogP contribution in [0.15, 0.2) is 18.2 Å². The van der Waals surface area contributed by atoms with Crippen LogP contribution in [-0.4, -0.2) is 26.4 Å². The monoisotopic (exact) mass is 271 g/mol. The molecule has 1 unspecified atom stereocenters. The number of halogens is 1.